The van der Waals surface area contributed by atoms with Crippen LogP contribution in [0.15, 0.2) is 36.4 Å². The number of benzene rings is 2. The molecule has 21 heavy (non-hydrogen) atoms. The molecular weight excluding hydrogens is 264 g/mol. The highest BCUT2D eigenvalue weighted by Crippen LogP contribution is 2.28. The summed E-state index contributed by atoms with van der Waals surface area (Å²) in [4.78, 5) is 0. The molecule has 2 aromatic carbocycles. The summed E-state index contributed by atoms with van der Waals surface area (Å²) in [5.41, 5.74) is 3.62. The van der Waals surface area contributed by atoms with Gasteiger partial charge in [-0.25, -0.2) is 0 Å². The lowest BCUT2D eigenvalue weighted by Crippen LogP contribution is -2.03. The first-order valence-corrected chi connectivity index (χ1v) is 6.64. The minimum absolute atomic E-state index is 0.611. The molecule has 1 N–H and O–H groups in total. The Balaban J connectivity index is 2.19. The van der Waals surface area contributed by atoms with Crippen LogP contribution < -0.4 is 14.8 Å². The minimum atomic E-state index is 0.611. The zero-order valence-corrected chi connectivity index (χ0v) is 12.4. The fraction of sp³-hybridized carbons (Fsp3) is 0.235. The second kappa shape index (κ2) is 6.67. The summed E-state index contributed by atoms with van der Waals surface area (Å²) >= 11 is 0. The molecule has 0 saturated heterocycles. The molecule has 0 amide bonds. The van der Waals surface area contributed by atoms with Gasteiger partial charge in [0.1, 0.15) is 6.07 Å². The van der Waals surface area contributed by atoms with Crippen molar-refractivity contribution in [1.29, 1.82) is 5.26 Å². The molecule has 0 aromatic heterocycles. The van der Waals surface area contributed by atoms with Crippen LogP contribution in [0.5, 0.6) is 11.5 Å². The predicted molar refractivity (Wildman–Crippen MR) is 82.8 cm³/mol. The molecule has 0 heterocycles. The lowest BCUT2D eigenvalue weighted by atomic mass is 10.1. The van der Waals surface area contributed by atoms with E-state index >= 15 is 0 Å². The number of methoxy groups -OCH3 is 2. The summed E-state index contributed by atoms with van der Waals surface area (Å²) in [5, 5.41) is 12.5. The molecule has 4 heteroatoms. The smallest absolute Gasteiger partial charge is 0.161 e. The molecule has 0 unspecified atom stereocenters. The van der Waals surface area contributed by atoms with Crippen LogP contribution in [0.1, 0.15) is 16.7 Å². The Morgan fingerprint density at radius 2 is 1.86 bits per heavy atom. The first kappa shape index (κ1) is 14.7. The molecule has 0 spiro atoms. The standard InChI is InChI=1S/C17H18N2O2/c1-12-5-4-6-14(10-18)17(12)19-11-13-7-8-15(20-2)16(9-13)21-3/h4-9,19H,11H2,1-3H3. The van der Waals surface area contributed by atoms with E-state index in [1.54, 1.807) is 14.2 Å². The van der Waals surface area contributed by atoms with Crippen LogP contribution in [0.3, 0.4) is 0 Å². The van der Waals surface area contributed by atoms with E-state index in [0.717, 1.165) is 16.8 Å². The molecule has 0 bridgehead atoms. The third kappa shape index (κ3) is 3.26. The van der Waals surface area contributed by atoms with E-state index in [2.05, 4.69) is 11.4 Å². The van der Waals surface area contributed by atoms with E-state index in [9.17, 15) is 0 Å². The van der Waals surface area contributed by atoms with Crippen LogP contribution in [0.25, 0.3) is 0 Å². The topological polar surface area (TPSA) is 54.3 Å². The van der Waals surface area contributed by atoms with Crippen molar-refractivity contribution in [3.63, 3.8) is 0 Å². The zero-order chi connectivity index (χ0) is 15.2. The number of ether oxygens (including phenoxy) is 2. The van der Waals surface area contributed by atoms with Crippen molar-refractivity contribution in [2.24, 2.45) is 0 Å². The van der Waals surface area contributed by atoms with Crippen molar-refractivity contribution in [2.75, 3.05) is 19.5 Å². The van der Waals surface area contributed by atoms with Crippen LogP contribution in [0.2, 0.25) is 0 Å². The summed E-state index contributed by atoms with van der Waals surface area (Å²) in [6.45, 7) is 2.59. The highest BCUT2D eigenvalue weighted by atomic mass is 16.5. The average molecular weight is 282 g/mol. The van der Waals surface area contributed by atoms with Gasteiger partial charge in [-0.2, -0.15) is 5.26 Å². The molecule has 0 aliphatic rings. The summed E-state index contributed by atoms with van der Waals surface area (Å²) < 4.78 is 10.5. The molecule has 0 aliphatic heterocycles. The van der Waals surface area contributed by atoms with E-state index in [0.29, 0.717) is 23.6 Å². The van der Waals surface area contributed by atoms with E-state index in [1.165, 1.54) is 0 Å². The molecule has 2 rings (SSSR count). The molecule has 0 radical (unpaired) electrons. The molecular formula is C17H18N2O2. The Kier molecular flexibility index (Phi) is 4.68. The third-order valence-corrected chi connectivity index (χ3v) is 3.31. The van der Waals surface area contributed by atoms with E-state index in [4.69, 9.17) is 14.7 Å². The monoisotopic (exact) mass is 282 g/mol. The molecule has 2 aromatic rings. The van der Waals surface area contributed by atoms with Crippen LogP contribution in [-0.4, -0.2) is 14.2 Å². The lowest BCUT2D eigenvalue weighted by Gasteiger charge is -2.13. The Morgan fingerprint density at radius 1 is 1.10 bits per heavy atom. The Hall–Kier alpha value is -2.67. The van der Waals surface area contributed by atoms with Crippen molar-refractivity contribution in [3.05, 3.63) is 53.1 Å². The lowest BCUT2D eigenvalue weighted by molar-refractivity contribution is 0.354. The second-order valence-corrected chi connectivity index (χ2v) is 4.65. The fourth-order valence-electron chi connectivity index (χ4n) is 2.18. The van der Waals surface area contributed by atoms with Gasteiger partial charge in [-0.3, -0.25) is 0 Å². The molecule has 4 nitrogen and oxygen atoms in total. The third-order valence-electron chi connectivity index (χ3n) is 3.31. The van der Waals surface area contributed by atoms with Gasteiger partial charge in [-0.1, -0.05) is 18.2 Å². The van der Waals surface area contributed by atoms with Crippen molar-refractivity contribution < 1.29 is 9.47 Å². The number of anilines is 1. The molecule has 0 aliphatic carbocycles. The fourth-order valence-corrected chi connectivity index (χ4v) is 2.18. The molecule has 0 fully saturated rings. The number of nitriles is 1. The van der Waals surface area contributed by atoms with Gasteiger partial charge >= 0.3 is 0 Å². The number of hydrogen-bond acceptors (Lipinski definition) is 4. The van der Waals surface area contributed by atoms with Crippen LogP contribution >= 0.6 is 0 Å². The maximum Gasteiger partial charge on any atom is 0.161 e. The summed E-state index contributed by atoms with van der Waals surface area (Å²) in [6, 6.07) is 13.7. The largest absolute Gasteiger partial charge is 0.493 e. The van der Waals surface area contributed by atoms with Crippen molar-refractivity contribution in [3.8, 4) is 17.6 Å². The number of para-hydroxylation sites is 1. The van der Waals surface area contributed by atoms with Gasteiger partial charge in [0.15, 0.2) is 11.5 Å². The van der Waals surface area contributed by atoms with Gasteiger partial charge in [0.05, 0.1) is 25.5 Å². The highest BCUT2D eigenvalue weighted by molar-refractivity contribution is 5.62. The zero-order valence-electron chi connectivity index (χ0n) is 12.4. The van der Waals surface area contributed by atoms with Gasteiger partial charge in [0, 0.05) is 6.54 Å². The second-order valence-electron chi connectivity index (χ2n) is 4.65. The van der Waals surface area contributed by atoms with Gasteiger partial charge in [0.2, 0.25) is 0 Å². The number of nitrogens with one attached hydrogen (secondary N) is 1. The summed E-state index contributed by atoms with van der Waals surface area (Å²) in [7, 11) is 3.23. The number of rotatable bonds is 5. The number of nitrogens with zero attached hydrogens (tertiary/aromatic N) is 1. The number of hydrogen-bond donors (Lipinski definition) is 1. The predicted octanol–water partition coefficient (Wildman–Crippen LogP) is 3.50. The van der Waals surface area contributed by atoms with Crippen molar-refractivity contribution >= 4 is 5.69 Å². The van der Waals surface area contributed by atoms with E-state index in [1.807, 2.05) is 43.3 Å². The van der Waals surface area contributed by atoms with E-state index in [-0.39, 0.29) is 0 Å². The Bertz CT molecular complexity index is 675. The first-order valence-electron chi connectivity index (χ1n) is 6.64. The average Bonchev–Trinajstić information content (AvgIpc) is 2.53. The van der Waals surface area contributed by atoms with Gasteiger partial charge in [0.25, 0.3) is 0 Å². The van der Waals surface area contributed by atoms with Crippen LogP contribution in [0.4, 0.5) is 5.69 Å². The van der Waals surface area contributed by atoms with Crippen LogP contribution in [-0.2, 0) is 6.54 Å². The molecule has 108 valence electrons. The summed E-state index contributed by atoms with van der Waals surface area (Å²) in [6.07, 6.45) is 0. The minimum Gasteiger partial charge on any atom is -0.493 e. The van der Waals surface area contributed by atoms with Gasteiger partial charge in [-0.05, 0) is 36.2 Å². The molecule has 0 saturated carbocycles. The molecule has 0 atom stereocenters. The van der Waals surface area contributed by atoms with E-state index < -0.39 is 0 Å². The van der Waals surface area contributed by atoms with Crippen LogP contribution in [0, 0.1) is 18.3 Å². The maximum atomic E-state index is 9.16. The van der Waals surface area contributed by atoms with Gasteiger partial charge in [-0.15, -0.1) is 0 Å². The normalized spacial score (nSPS) is 9.81. The quantitative estimate of drug-likeness (QED) is 0.912. The SMILES string of the molecule is COc1ccc(CNc2c(C)cccc2C#N)cc1OC. The maximum absolute atomic E-state index is 9.16. The van der Waals surface area contributed by atoms with Gasteiger partial charge < -0.3 is 14.8 Å². The highest BCUT2D eigenvalue weighted by Gasteiger charge is 2.07. The summed E-state index contributed by atoms with van der Waals surface area (Å²) in [5.74, 6) is 1.40. The number of aryl methyl sites for hydroxylation is 1. The van der Waals surface area contributed by atoms with Crippen molar-refractivity contribution in [1.82, 2.24) is 0 Å². The Morgan fingerprint density at radius 3 is 2.52 bits per heavy atom. The first-order chi connectivity index (χ1) is 10.2. The van der Waals surface area contributed by atoms with Crippen molar-refractivity contribution in [2.45, 2.75) is 13.5 Å². The Labute approximate surface area is 124 Å².